The van der Waals surface area contributed by atoms with Crippen molar-refractivity contribution < 1.29 is 14.3 Å². The van der Waals surface area contributed by atoms with Crippen molar-refractivity contribution in [2.75, 3.05) is 25.6 Å². The second kappa shape index (κ2) is 9.04. The number of anilines is 1. The van der Waals surface area contributed by atoms with E-state index in [0.717, 1.165) is 38.8 Å². The van der Waals surface area contributed by atoms with Gasteiger partial charge in [0.1, 0.15) is 11.5 Å². The van der Waals surface area contributed by atoms with Gasteiger partial charge in [-0.3, -0.25) is 4.79 Å². The van der Waals surface area contributed by atoms with Crippen LogP contribution in [0.25, 0.3) is 21.3 Å². The number of hydrogen-bond donors (Lipinski definition) is 0. The smallest absolute Gasteiger partial charge is 0.310 e. The van der Waals surface area contributed by atoms with Crippen LogP contribution in [0, 0.1) is 5.92 Å². The Labute approximate surface area is 181 Å². The first-order chi connectivity index (χ1) is 14.5. The number of esters is 1. The van der Waals surface area contributed by atoms with Crippen LogP contribution in [0.4, 0.5) is 5.13 Å². The molecule has 0 atom stereocenters. The van der Waals surface area contributed by atoms with Gasteiger partial charge >= 0.3 is 5.97 Å². The van der Waals surface area contributed by atoms with Crippen molar-refractivity contribution in [2.45, 2.75) is 39.0 Å². The van der Waals surface area contributed by atoms with Crippen molar-refractivity contribution in [1.29, 1.82) is 0 Å². The highest BCUT2D eigenvalue weighted by Gasteiger charge is 2.18. The summed E-state index contributed by atoms with van der Waals surface area (Å²) in [7, 11) is 4.00. The van der Waals surface area contributed by atoms with E-state index in [2.05, 4.69) is 17.1 Å². The molecule has 0 amide bonds. The number of fused-ring (bicyclic) bond motifs is 1. The molecule has 1 aromatic heterocycles. The maximum absolute atomic E-state index is 11.8. The van der Waals surface area contributed by atoms with Crippen molar-refractivity contribution >= 4 is 32.7 Å². The van der Waals surface area contributed by atoms with Crippen molar-refractivity contribution in [3.05, 3.63) is 36.4 Å². The van der Waals surface area contributed by atoms with Gasteiger partial charge in [0.15, 0.2) is 5.13 Å². The summed E-state index contributed by atoms with van der Waals surface area (Å²) in [5.41, 5.74) is 2.96. The first-order valence-electron chi connectivity index (χ1n) is 10.6. The fourth-order valence-corrected chi connectivity index (χ4v) is 4.71. The predicted molar refractivity (Wildman–Crippen MR) is 123 cm³/mol. The fourth-order valence-electron chi connectivity index (χ4n) is 3.78. The summed E-state index contributed by atoms with van der Waals surface area (Å²) in [6.07, 6.45) is 5.41. The molecule has 0 bridgehead atoms. The van der Waals surface area contributed by atoms with Crippen LogP contribution >= 0.6 is 11.3 Å². The number of ether oxygens (including phenoxy) is 2. The third kappa shape index (κ3) is 4.59. The van der Waals surface area contributed by atoms with Crippen LogP contribution in [0.3, 0.4) is 0 Å². The molecule has 30 heavy (non-hydrogen) atoms. The number of hydrogen-bond acceptors (Lipinski definition) is 6. The van der Waals surface area contributed by atoms with Crippen molar-refractivity contribution in [3.63, 3.8) is 0 Å². The van der Waals surface area contributed by atoms with Crippen LogP contribution in [0.15, 0.2) is 36.4 Å². The Morgan fingerprint density at radius 2 is 1.97 bits per heavy atom. The van der Waals surface area contributed by atoms with Gasteiger partial charge in [0.25, 0.3) is 0 Å². The lowest BCUT2D eigenvalue weighted by Gasteiger charge is -2.16. The third-order valence-electron chi connectivity index (χ3n) is 5.49. The minimum atomic E-state index is -0.242. The Hall–Kier alpha value is -2.60. The lowest BCUT2D eigenvalue weighted by molar-refractivity contribution is -0.134. The molecule has 4 rings (SSSR count). The average molecular weight is 425 g/mol. The molecule has 1 heterocycles. The highest BCUT2D eigenvalue weighted by Crippen LogP contribution is 2.38. The SMILES string of the molecule is CCC(=O)Oc1ccc(OCC2CCCC2)c(-c2ccc3nc(N(C)C)sc3c2)c1. The Morgan fingerprint density at radius 1 is 1.17 bits per heavy atom. The highest BCUT2D eigenvalue weighted by atomic mass is 32.1. The molecule has 0 unspecified atom stereocenters. The zero-order chi connectivity index (χ0) is 21.1. The first-order valence-corrected chi connectivity index (χ1v) is 11.4. The molecule has 2 aromatic carbocycles. The van der Waals surface area contributed by atoms with Gasteiger partial charge in [0, 0.05) is 26.1 Å². The standard InChI is InChI=1S/C24H28N2O3S/c1-4-23(27)29-18-10-12-21(28-15-16-7-5-6-8-16)19(14-18)17-9-11-20-22(13-17)30-24(25-20)26(2)3/h9-14,16H,4-8,15H2,1-3H3. The van der Waals surface area contributed by atoms with Gasteiger partial charge < -0.3 is 14.4 Å². The molecule has 6 heteroatoms. The molecule has 1 aliphatic carbocycles. The van der Waals surface area contributed by atoms with E-state index in [4.69, 9.17) is 9.47 Å². The zero-order valence-corrected chi connectivity index (χ0v) is 18.6. The fraction of sp³-hybridized carbons (Fsp3) is 0.417. The molecule has 0 N–H and O–H groups in total. The number of rotatable bonds is 7. The molecular formula is C24H28N2O3S. The second-order valence-electron chi connectivity index (χ2n) is 8.02. The normalized spacial score (nSPS) is 14.2. The van der Waals surface area contributed by atoms with Gasteiger partial charge in [-0.1, -0.05) is 37.2 Å². The second-order valence-corrected chi connectivity index (χ2v) is 9.03. The van der Waals surface area contributed by atoms with Crippen LogP contribution in [0.5, 0.6) is 11.5 Å². The summed E-state index contributed by atoms with van der Waals surface area (Å²) in [6, 6.07) is 11.9. The van der Waals surface area contributed by atoms with Crippen molar-refractivity contribution in [1.82, 2.24) is 4.98 Å². The summed E-state index contributed by atoms with van der Waals surface area (Å²) in [5.74, 6) is 1.76. The molecule has 5 nitrogen and oxygen atoms in total. The molecule has 0 spiro atoms. The van der Waals surface area contributed by atoms with E-state index < -0.39 is 0 Å². The molecule has 0 radical (unpaired) electrons. The number of nitrogens with zero attached hydrogens (tertiary/aromatic N) is 2. The molecule has 0 aliphatic heterocycles. The van der Waals surface area contributed by atoms with E-state index in [1.54, 1.807) is 18.3 Å². The van der Waals surface area contributed by atoms with Crippen LogP contribution in [0.1, 0.15) is 39.0 Å². The number of carbonyl (C=O) groups excluding carboxylic acids is 1. The van der Waals surface area contributed by atoms with Gasteiger partial charge in [-0.05, 0) is 54.7 Å². The number of thiazole rings is 1. The average Bonchev–Trinajstić information content (AvgIpc) is 3.41. The number of aromatic nitrogens is 1. The third-order valence-corrected chi connectivity index (χ3v) is 6.68. The minimum absolute atomic E-state index is 0.242. The maximum Gasteiger partial charge on any atom is 0.310 e. The molecule has 1 fully saturated rings. The predicted octanol–water partition coefficient (Wildman–Crippen LogP) is 5.91. The van der Waals surface area contributed by atoms with E-state index >= 15 is 0 Å². The zero-order valence-electron chi connectivity index (χ0n) is 17.8. The van der Waals surface area contributed by atoms with Gasteiger partial charge in [-0.25, -0.2) is 4.98 Å². The van der Waals surface area contributed by atoms with Crippen LogP contribution in [-0.4, -0.2) is 31.7 Å². The van der Waals surface area contributed by atoms with E-state index in [9.17, 15) is 4.79 Å². The Morgan fingerprint density at radius 3 is 2.70 bits per heavy atom. The van der Waals surface area contributed by atoms with Crippen LogP contribution in [0.2, 0.25) is 0 Å². The monoisotopic (exact) mass is 424 g/mol. The summed E-state index contributed by atoms with van der Waals surface area (Å²) < 4.78 is 12.8. The minimum Gasteiger partial charge on any atom is -0.493 e. The van der Waals surface area contributed by atoms with E-state index in [1.165, 1.54) is 25.7 Å². The molecular weight excluding hydrogens is 396 g/mol. The Balaban J connectivity index is 1.69. The van der Waals surface area contributed by atoms with Gasteiger partial charge in [-0.15, -0.1) is 0 Å². The quantitative estimate of drug-likeness (QED) is 0.348. The lowest BCUT2D eigenvalue weighted by atomic mass is 10.0. The molecule has 1 aliphatic rings. The van der Waals surface area contributed by atoms with Crippen LogP contribution in [-0.2, 0) is 4.79 Å². The summed E-state index contributed by atoms with van der Waals surface area (Å²) in [5, 5.41) is 0.977. The van der Waals surface area contributed by atoms with Gasteiger partial charge in [-0.2, -0.15) is 0 Å². The molecule has 1 saturated carbocycles. The Kier molecular flexibility index (Phi) is 6.23. The molecule has 0 saturated heterocycles. The maximum atomic E-state index is 11.8. The van der Waals surface area contributed by atoms with E-state index in [1.807, 2.05) is 43.3 Å². The summed E-state index contributed by atoms with van der Waals surface area (Å²) in [6.45, 7) is 2.52. The van der Waals surface area contributed by atoms with Gasteiger partial charge in [0.05, 0.1) is 16.8 Å². The topological polar surface area (TPSA) is 51.7 Å². The summed E-state index contributed by atoms with van der Waals surface area (Å²) in [4.78, 5) is 18.5. The van der Waals surface area contributed by atoms with E-state index in [-0.39, 0.29) is 5.97 Å². The molecule has 3 aromatic rings. The van der Waals surface area contributed by atoms with Gasteiger partial charge in [0.2, 0.25) is 0 Å². The Bertz CT molecular complexity index is 1040. The highest BCUT2D eigenvalue weighted by molar-refractivity contribution is 7.22. The molecule has 158 valence electrons. The van der Waals surface area contributed by atoms with E-state index in [0.29, 0.717) is 18.1 Å². The number of benzene rings is 2. The van der Waals surface area contributed by atoms with Crippen molar-refractivity contribution in [3.8, 4) is 22.6 Å². The van der Waals surface area contributed by atoms with Crippen molar-refractivity contribution in [2.24, 2.45) is 5.92 Å². The first kappa shape index (κ1) is 20.7. The summed E-state index contributed by atoms with van der Waals surface area (Å²) >= 11 is 1.66. The lowest BCUT2D eigenvalue weighted by Crippen LogP contribution is -2.09. The largest absolute Gasteiger partial charge is 0.493 e. The van der Waals surface area contributed by atoms with Crippen LogP contribution < -0.4 is 14.4 Å². The number of carbonyl (C=O) groups is 1.